The van der Waals surface area contributed by atoms with Crippen molar-refractivity contribution in [1.29, 1.82) is 0 Å². The summed E-state index contributed by atoms with van der Waals surface area (Å²) in [5, 5.41) is 2.65. The number of hydrogen-bond donors (Lipinski definition) is 1. The van der Waals surface area contributed by atoms with E-state index in [-0.39, 0.29) is 30.2 Å². The molecule has 0 spiro atoms. The summed E-state index contributed by atoms with van der Waals surface area (Å²) in [6.45, 7) is 2.17. The molecule has 1 saturated carbocycles. The van der Waals surface area contributed by atoms with E-state index in [2.05, 4.69) is 5.32 Å². The average Bonchev–Trinajstić information content (AvgIpc) is 2.98. The quantitative estimate of drug-likeness (QED) is 0.774. The van der Waals surface area contributed by atoms with E-state index in [0.717, 1.165) is 25.7 Å². The maximum Gasteiger partial charge on any atom is 0.242 e. The molecule has 1 saturated heterocycles. The zero-order chi connectivity index (χ0) is 13.1. The molecule has 1 heterocycles. The molecule has 0 radical (unpaired) electrons. The number of carbonyl (C=O) groups excluding carboxylic acids is 3. The number of hydrogen-bond acceptors (Lipinski definition) is 3. The first-order valence-corrected chi connectivity index (χ1v) is 6.64. The third-order valence-corrected chi connectivity index (χ3v) is 3.65. The molecule has 2 fully saturated rings. The summed E-state index contributed by atoms with van der Waals surface area (Å²) >= 11 is 0. The molecule has 18 heavy (non-hydrogen) atoms. The van der Waals surface area contributed by atoms with Gasteiger partial charge in [-0.1, -0.05) is 0 Å². The van der Waals surface area contributed by atoms with Crippen LogP contribution in [0.4, 0.5) is 0 Å². The maximum atomic E-state index is 11.9. The van der Waals surface area contributed by atoms with Crippen molar-refractivity contribution in [3.8, 4) is 0 Å². The van der Waals surface area contributed by atoms with Gasteiger partial charge in [-0.25, -0.2) is 0 Å². The molecule has 2 aliphatic rings. The van der Waals surface area contributed by atoms with Gasteiger partial charge in [-0.3, -0.25) is 14.4 Å². The number of nitrogens with zero attached hydrogens (tertiary/aromatic N) is 1. The third-order valence-electron chi connectivity index (χ3n) is 3.65. The minimum atomic E-state index is -0.280. The Bertz CT molecular complexity index is 363. The summed E-state index contributed by atoms with van der Waals surface area (Å²) in [5.74, 6) is 0.364. The molecule has 0 aromatic heterocycles. The lowest BCUT2D eigenvalue weighted by Gasteiger charge is -2.22. The molecule has 2 rings (SSSR count). The van der Waals surface area contributed by atoms with E-state index in [0.29, 0.717) is 18.9 Å². The topological polar surface area (TPSA) is 66.5 Å². The van der Waals surface area contributed by atoms with Gasteiger partial charge in [0.25, 0.3) is 0 Å². The third kappa shape index (κ3) is 3.31. The lowest BCUT2D eigenvalue weighted by atomic mass is 10.1. The largest absolute Gasteiger partial charge is 0.347 e. The average molecular weight is 252 g/mol. The molecule has 1 aliphatic heterocycles. The molecule has 5 heteroatoms. The molecular weight excluding hydrogens is 232 g/mol. The monoisotopic (exact) mass is 252 g/mol. The number of amides is 2. The number of nitrogens with one attached hydrogen (secondary N) is 1. The summed E-state index contributed by atoms with van der Waals surface area (Å²) in [5.41, 5.74) is 0. The van der Waals surface area contributed by atoms with E-state index >= 15 is 0 Å². The van der Waals surface area contributed by atoms with Crippen molar-refractivity contribution < 1.29 is 14.4 Å². The molecule has 1 atom stereocenters. The fraction of sp³-hybridized carbons (Fsp3) is 0.769. The molecule has 1 aliphatic carbocycles. The minimum absolute atomic E-state index is 0.0231. The Morgan fingerprint density at radius 2 is 1.94 bits per heavy atom. The van der Waals surface area contributed by atoms with Crippen molar-refractivity contribution in [3.05, 3.63) is 0 Å². The zero-order valence-corrected chi connectivity index (χ0v) is 10.8. The van der Waals surface area contributed by atoms with Gasteiger partial charge < -0.3 is 10.2 Å². The van der Waals surface area contributed by atoms with Gasteiger partial charge in [0.05, 0.1) is 12.6 Å². The van der Waals surface area contributed by atoms with Crippen molar-refractivity contribution in [1.82, 2.24) is 10.2 Å². The molecule has 0 unspecified atom stereocenters. The second kappa shape index (κ2) is 5.50. The Morgan fingerprint density at radius 3 is 2.56 bits per heavy atom. The van der Waals surface area contributed by atoms with Crippen LogP contribution in [-0.2, 0) is 14.4 Å². The Labute approximate surface area is 107 Å². The number of likely N-dealkylation sites (tertiary alicyclic amines) is 1. The van der Waals surface area contributed by atoms with Crippen molar-refractivity contribution >= 4 is 17.6 Å². The van der Waals surface area contributed by atoms with E-state index in [4.69, 9.17) is 0 Å². The summed E-state index contributed by atoms with van der Waals surface area (Å²) in [6, 6.07) is -0.280. The molecule has 0 bridgehead atoms. The molecular formula is C13H20N2O3. The van der Waals surface area contributed by atoms with E-state index in [1.165, 1.54) is 6.92 Å². The Morgan fingerprint density at radius 1 is 1.22 bits per heavy atom. The van der Waals surface area contributed by atoms with Gasteiger partial charge in [0, 0.05) is 13.0 Å². The van der Waals surface area contributed by atoms with Crippen LogP contribution in [0.2, 0.25) is 0 Å². The second-order valence-corrected chi connectivity index (χ2v) is 5.28. The van der Waals surface area contributed by atoms with Crippen LogP contribution < -0.4 is 5.32 Å². The van der Waals surface area contributed by atoms with Crippen LogP contribution in [0.1, 0.15) is 39.0 Å². The van der Waals surface area contributed by atoms with Crippen molar-refractivity contribution in [2.24, 2.45) is 5.92 Å². The highest BCUT2D eigenvalue weighted by molar-refractivity contribution is 5.90. The summed E-state index contributed by atoms with van der Waals surface area (Å²) in [4.78, 5) is 36.4. The van der Waals surface area contributed by atoms with Crippen LogP contribution >= 0.6 is 0 Å². The van der Waals surface area contributed by atoms with Crippen LogP contribution in [-0.4, -0.2) is 41.6 Å². The Hall–Kier alpha value is -1.39. The molecule has 0 aromatic rings. The first-order chi connectivity index (χ1) is 8.58. The van der Waals surface area contributed by atoms with Gasteiger partial charge in [0.1, 0.15) is 0 Å². The summed E-state index contributed by atoms with van der Waals surface area (Å²) < 4.78 is 0. The van der Waals surface area contributed by atoms with Gasteiger partial charge in [-0.2, -0.15) is 0 Å². The lowest BCUT2D eigenvalue weighted by molar-refractivity contribution is -0.137. The number of Topliss-reactive ketones (excluding diaryl/α,β-unsaturated/α-hetero) is 1. The van der Waals surface area contributed by atoms with Gasteiger partial charge >= 0.3 is 0 Å². The Kier molecular flexibility index (Phi) is 3.99. The first-order valence-electron chi connectivity index (χ1n) is 6.64. The minimum Gasteiger partial charge on any atom is -0.347 e. The van der Waals surface area contributed by atoms with E-state index in [1.54, 1.807) is 4.90 Å². The predicted molar refractivity (Wildman–Crippen MR) is 65.8 cm³/mol. The van der Waals surface area contributed by atoms with Gasteiger partial charge in [-0.15, -0.1) is 0 Å². The maximum absolute atomic E-state index is 11.9. The normalized spacial score (nSPS) is 22.9. The first kappa shape index (κ1) is 13.1. The Balaban J connectivity index is 1.76. The summed E-state index contributed by atoms with van der Waals surface area (Å²) in [7, 11) is 0. The number of ketones is 1. The van der Waals surface area contributed by atoms with Gasteiger partial charge in [-0.05, 0) is 38.5 Å². The molecule has 1 N–H and O–H groups in total. The molecule has 5 nitrogen and oxygen atoms in total. The highest BCUT2D eigenvalue weighted by Gasteiger charge is 2.32. The zero-order valence-electron chi connectivity index (χ0n) is 10.8. The fourth-order valence-electron chi connectivity index (χ4n) is 2.42. The van der Waals surface area contributed by atoms with Crippen molar-refractivity contribution in [3.63, 3.8) is 0 Å². The highest BCUT2D eigenvalue weighted by atomic mass is 16.2. The van der Waals surface area contributed by atoms with Crippen molar-refractivity contribution in [2.45, 2.75) is 45.1 Å². The molecule has 0 aromatic carbocycles. The van der Waals surface area contributed by atoms with Gasteiger partial charge in [0.2, 0.25) is 11.8 Å². The van der Waals surface area contributed by atoms with E-state index in [1.807, 2.05) is 0 Å². The van der Waals surface area contributed by atoms with Gasteiger partial charge in [0.15, 0.2) is 5.78 Å². The SMILES string of the molecule is CC(=O)[C@@H]1CCCN1C(=O)CNC(=O)CC1CC1. The lowest BCUT2D eigenvalue weighted by Crippen LogP contribution is -2.45. The summed E-state index contributed by atoms with van der Waals surface area (Å²) in [6.07, 6.45) is 4.40. The van der Waals surface area contributed by atoms with Crippen LogP contribution in [0.15, 0.2) is 0 Å². The second-order valence-electron chi connectivity index (χ2n) is 5.28. The standard InChI is InChI=1S/C13H20N2O3/c1-9(16)11-3-2-6-15(11)13(18)8-14-12(17)7-10-4-5-10/h10-11H,2-8H2,1H3,(H,14,17)/t11-/m0/s1. The van der Waals surface area contributed by atoms with Crippen LogP contribution in [0.25, 0.3) is 0 Å². The fourth-order valence-corrected chi connectivity index (χ4v) is 2.42. The highest BCUT2D eigenvalue weighted by Crippen LogP contribution is 2.32. The predicted octanol–water partition coefficient (Wildman–Crippen LogP) is 0.483. The molecule has 2 amide bonds. The van der Waals surface area contributed by atoms with Crippen LogP contribution in [0, 0.1) is 5.92 Å². The van der Waals surface area contributed by atoms with Crippen LogP contribution in [0.3, 0.4) is 0 Å². The van der Waals surface area contributed by atoms with E-state index < -0.39 is 0 Å². The van der Waals surface area contributed by atoms with E-state index in [9.17, 15) is 14.4 Å². The van der Waals surface area contributed by atoms with Crippen LogP contribution in [0.5, 0.6) is 0 Å². The number of carbonyl (C=O) groups is 3. The van der Waals surface area contributed by atoms with Crippen molar-refractivity contribution in [2.75, 3.05) is 13.1 Å². The smallest absolute Gasteiger partial charge is 0.242 e. The number of rotatable bonds is 5. The molecule has 100 valence electrons.